The van der Waals surface area contributed by atoms with Gasteiger partial charge in [-0.2, -0.15) is 24.3 Å². The average Bonchev–Trinajstić information content (AvgIpc) is 3.97. The van der Waals surface area contributed by atoms with Crippen molar-refractivity contribution in [1.29, 1.82) is 0 Å². The summed E-state index contributed by atoms with van der Waals surface area (Å²) in [6.45, 7) is 44.8. The molecule has 8 aromatic carbocycles. The zero-order valence-corrected chi connectivity index (χ0v) is 55.0. The standard InChI is InChI=1S/4C14H17.2C2H6Si.2ClH.2Hf/c4*1-9(2)12-6-5-11(4)13-7-10(3)8-14(12)13;2*1-3-2;;;;/h4*5-9H,1-4H3;2*1-2H3;2*1H;;/q4*-1;;;;;2*+2/p-2. The van der Waals surface area contributed by atoms with Crippen molar-refractivity contribution in [3.8, 4) is 0 Å². The fourth-order valence-corrected chi connectivity index (χ4v) is 8.46. The van der Waals surface area contributed by atoms with Crippen LogP contribution in [0.15, 0.2) is 97.1 Å². The van der Waals surface area contributed by atoms with Crippen molar-refractivity contribution in [2.45, 2.75) is 161 Å². The summed E-state index contributed by atoms with van der Waals surface area (Å²) in [4.78, 5) is 0. The van der Waals surface area contributed by atoms with E-state index in [2.05, 4.69) is 234 Å². The van der Waals surface area contributed by atoms with Crippen LogP contribution in [0.25, 0.3) is 43.1 Å². The minimum Gasteiger partial charge on any atom is -1.00 e. The van der Waals surface area contributed by atoms with Crippen molar-refractivity contribution in [3.05, 3.63) is 164 Å². The van der Waals surface area contributed by atoms with Crippen molar-refractivity contribution in [2.24, 2.45) is 0 Å². The molecule has 0 aliphatic carbocycles. The van der Waals surface area contributed by atoms with Gasteiger partial charge >= 0.3 is 83.2 Å². The molecule has 0 amide bonds. The number of fused-ring (bicyclic) bond motifs is 4. The first-order valence-electron chi connectivity index (χ1n) is 23.5. The number of hydrogen-bond acceptors (Lipinski definition) is 0. The van der Waals surface area contributed by atoms with Gasteiger partial charge in [0.15, 0.2) is 0 Å². The minimum atomic E-state index is 0. The van der Waals surface area contributed by atoms with Gasteiger partial charge in [-0.25, -0.2) is 0 Å². The Morgan fingerprint density at radius 1 is 0.333 bits per heavy atom. The van der Waals surface area contributed by atoms with Gasteiger partial charge in [0.1, 0.15) is 0 Å². The number of hydrogen-bond donors (Lipinski definition) is 0. The first kappa shape index (κ1) is 62.1. The number of halogens is 2. The summed E-state index contributed by atoms with van der Waals surface area (Å²) in [6.07, 6.45) is 0. The normalized spacial score (nSPS) is 10.6. The molecule has 0 aliphatic rings. The molecule has 0 aromatic heterocycles. The van der Waals surface area contributed by atoms with E-state index < -0.39 is 0 Å². The Morgan fingerprint density at radius 3 is 0.621 bits per heavy atom. The third-order valence-electron chi connectivity index (χ3n) is 11.6. The number of aryl methyl sites for hydroxylation is 8. The molecule has 0 atom stereocenters. The van der Waals surface area contributed by atoms with Crippen LogP contribution < -0.4 is 24.8 Å². The summed E-state index contributed by atoms with van der Waals surface area (Å²) in [5, 5.41) is 11.5. The molecular formula is C60H80Cl2Hf2Si2-2. The Balaban J connectivity index is 0.000000413. The summed E-state index contributed by atoms with van der Waals surface area (Å²) in [7, 11) is 0. The molecule has 0 radical (unpaired) electrons. The van der Waals surface area contributed by atoms with Crippen molar-refractivity contribution in [2.75, 3.05) is 0 Å². The Morgan fingerprint density at radius 2 is 0.485 bits per heavy atom. The van der Waals surface area contributed by atoms with Crippen molar-refractivity contribution in [3.63, 3.8) is 0 Å². The molecule has 0 heterocycles. The molecule has 352 valence electrons. The molecular weight excluding hydrogens is 1200 g/mol. The van der Waals surface area contributed by atoms with Crippen LogP contribution in [-0.2, 0) is 46.0 Å². The Labute approximate surface area is 445 Å². The van der Waals surface area contributed by atoms with Gasteiger partial charge in [0.25, 0.3) is 0 Å². The molecule has 8 aromatic rings. The molecule has 0 fully saturated rings. The zero-order chi connectivity index (χ0) is 48.3. The molecule has 0 spiro atoms. The molecule has 0 saturated carbocycles. The van der Waals surface area contributed by atoms with E-state index in [9.17, 15) is 0 Å². The van der Waals surface area contributed by atoms with Crippen LogP contribution in [0.4, 0.5) is 0 Å². The van der Waals surface area contributed by atoms with Crippen LogP contribution >= 0.6 is 0 Å². The third-order valence-corrected chi connectivity index (χ3v) is 11.6. The van der Waals surface area contributed by atoms with E-state index in [0.29, 0.717) is 23.7 Å². The van der Waals surface area contributed by atoms with Crippen LogP contribution in [0.2, 0.25) is 26.2 Å². The number of rotatable bonds is 4. The second kappa shape index (κ2) is 28.7. The minimum absolute atomic E-state index is 0. The Bertz CT molecular complexity index is 2420. The quantitative estimate of drug-likeness (QED) is 0.122. The van der Waals surface area contributed by atoms with Crippen molar-refractivity contribution < 1.29 is 70.8 Å². The Kier molecular flexibility index (Phi) is 27.0. The predicted molar refractivity (Wildman–Crippen MR) is 287 cm³/mol. The summed E-state index contributed by atoms with van der Waals surface area (Å²) in [5.41, 5.74) is 17.4. The van der Waals surface area contributed by atoms with Crippen LogP contribution in [0.1, 0.15) is 146 Å². The molecule has 0 saturated heterocycles. The maximum atomic E-state index is 2.33. The summed E-state index contributed by atoms with van der Waals surface area (Å²) < 4.78 is 0. The topological polar surface area (TPSA) is 0 Å². The first-order valence-corrected chi connectivity index (χ1v) is 39.3. The van der Waals surface area contributed by atoms with Gasteiger partial charge in [-0.1, -0.05) is 157 Å². The predicted octanol–water partition coefficient (Wildman–Crippen LogP) is 12.8. The van der Waals surface area contributed by atoms with Gasteiger partial charge in [-0.3, -0.25) is 0 Å². The largest absolute Gasteiger partial charge is 1.00 e. The second-order valence-electron chi connectivity index (χ2n) is 19.9. The fourth-order valence-electron chi connectivity index (χ4n) is 8.46. The third kappa shape index (κ3) is 17.8. The van der Waals surface area contributed by atoms with E-state index in [4.69, 9.17) is 0 Å². The van der Waals surface area contributed by atoms with Crippen LogP contribution in [-0.4, -0.2) is 11.0 Å². The maximum Gasteiger partial charge on any atom is -0.0308 e. The van der Waals surface area contributed by atoms with Crippen LogP contribution in [0.5, 0.6) is 0 Å². The van der Waals surface area contributed by atoms with Gasteiger partial charge in [0, 0.05) is 0 Å². The molecule has 6 heteroatoms. The summed E-state index contributed by atoms with van der Waals surface area (Å²) in [6, 6.07) is 36.4. The molecule has 0 aliphatic heterocycles. The molecule has 0 unspecified atom stereocenters. The van der Waals surface area contributed by atoms with E-state index in [1.807, 2.05) is 0 Å². The average molecular weight is 1290 g/mol. The van der Waals surface area contributed by atoms with Gasteiger partial charge in [0.2, 0.25) is 0 Å². The van der Waals surface area contributed by atoms with Gasteiger partial charge in [-0.05, 0) is 23.7 Å². The molecule has 0 N–H and O–H groups in total. The maximum absolute atomic E-state index is 2.33. The van der Waals surface area contributed by atoms with Crippen molar-refractivity contribution in [1.82, 2.24) is 0 Å². The SMILES string of the molecule is C[Si](C)=[Hf+2].C[Si](C)=[Hf+2].Cc1cc2c(C(C)C)ccc(C)c2[cH-]1.Cc1cc2c(C(C)C)ccc(C)c2[cH-]1.Cc1cc2c(C(C)C)ccc(C)c2[cH-]1.Cc1cc2c(C(C)C)ccc(C)c2[cH-]1.[Cl-].[Cl-]. The van der Waals surface area contributed by atoms with Crippen LogP contribution in [0.3, 0.4) is 0 Å². The van der Waals surface area contributed by atoms with Crippen LogP contribution in [0, 0.1) is 55.4 Å². The fraction of sp³-hybridized carbons (Fsp3) is 0.400. The second-order valence-corrected chi connectivity index (χ2v) is 45.5. The van der Waals surface area contributed by atoms with Gasteiger partial charge in [-0.15, -0.1) is 136 Å². The first-order chi connectivity index (χ1) is 29.8. The van der Waals surface area contributed by atoms with E-state index in [-0.39, 0.29) is 35.8 Å². The summed E-state index contributed by atoms with van der Waals surface area (Å²) in [5.74, 6) is 2.44. The van der Waals surface area contributed by atoms with E-state index in [1.165, 1.54) is 156 Å². The monoisotopic (exact) mass is 1290 g/mol. The van der Waals surface area contributed by atoms with E-state index >= 15 is 0 Å². The molecule has 0 bridgehead atoms. The number of benzene rings is 4. The van der Waals surface area contributed by atoms with Gasteiger partial charge < -0.3 is 24.8 Å². The molecule has 0 nitrogen and oxygen atoms in total. The zero-order valence-electron chi connectivity index (χ0n) is 44.3. The van der Waals surface area contributed by atoms with Gasteiger partial charge in [0.05, 0.1) is 0 Å². The van der Waals surface area contributed by atoms with Crippen molar-refractivity contribution >= 4 is 54.1 Å². The Hall–Kier alpha value is -1.93. The molecule has 66 heavy (non-hydrogen) atoms. The van der Waals surface area contributed by atoms with E-state index in [0.717, 1.165) is 0 Å². The molecule has 8 rings (SSSR count). The summed E-state index contributed by atoms with van der Waals surface area (Å²) >= 11 is 2.90. The van der Waals surface area contributed by atoms with E-state index in [1.54, 1.807) is 0 Å². The smallest absolute Gasteiger partial charge is 0.0308 e.